The Bertz CT molecular complexity index is 3360. The minimum absolute atomic E-state index is 0.0143. The maximum atomic E-state index is 14.4. The van der Waals surface area contributed by atoms with Crippen molar-refractivity contribution in [3.05, 3.63) is 117 Å². The highest BCUT2D eigenvalue weighted by atomic mass is 32.2. The third-order valence-corrected chi connectivity index (χ3v) is 17.3. The predicted molar refractivity (Wildman–Crippen MR) is 309 cm³/mol. The Morgan fingerprint density at radius 2 is 1.44 bits per heavy atom. The highest BCUT2D eigenvalue weighted by Crippen LogP contribution is 2.40. The Kier molecular flexibility index (Phi) is 21.0. The standard InChI is InChI=1S/C59H74N8O13S2/c1-38-9-11-42(12-10-38)55-54-39(2)40(3)81-57(54)67-41(4)63-64-56(67)48(62-55)36-52(69)60-20-26-76-28-30-78-32-31-77-29-27-75-25-19-51(68)61-45-13-14-47(50(35-45)82(72,73)66-23-17-46(74-8)18-24-66)43-15-21-65-22-16-44(49(65)33-43)34-53(70)79-37-80-58(71)59(5,6)7/h9-16,21-22,33,35,46,48H,17-20,23-32,34,36-37H2,1-8H3,(H,60,69)(H,61,68)/t48-/m0/s1. The number of hydrogen-bond donors (Lipinski definition) is 2. The molecule has 0 aliphatic carbocycles. The number of rotatable bonds is 27. The quantitative estimate of drug-likeness (QED) is 0.0290. The van der Waals surface area contributed by atoms with E-state index in [4.69, 9.17) is 38.2 Å². The number of thiophene rings is 1. The Hall–Kier alpha value is -6.70. The molecular formula is C59H74N8O13S2. The van der Waals surface area contributed by atoms with Crippen LogP contribution in [0.1, 0.15) is 96.8 Å². The number of sulfonamides is 1. The third-order valence-electron chi connectivity index (χ3n) is 14.1. The number of ether oxygens (including phenoxy) is 7. The average molecular weight is 1170 g/mol. The Morgan fingerprint density at radius 3 is 2.12 bits per heavy atom. The Morgan fingerprint density at radius 1 is 0.768 bits per heavy atom. The summed E-state index contributed by atoms with van der Waals surface area (Å²) in [7, 11) is -2.45. The van der Waals surface area contributed by atoms with Gasteiger partial charge in [0.1, 0.15) is 16.9 Å². The van der Waals surface area contributed by atoms with Crippen LogP contribution in [0.5, 0.6) is 0 Å². The van der Waals surface area contributed by atoms with Crippen molar-refractivity contribution in [2.45, 2.75) is 97.6 Å². The first kappa shape index (κ1) is 61.4. The summed E-state index contributed by atoms with van der Waals surface area (Å²) in [6.45, 7) is 15.9. The van der Waals surface area contributed by atoms with E-state index in [9.17, 15) is 27.6 Å². The number of carbonyl (C=O) groups excluding carboxylic acids is 4. The second-order valence-corrected chi connectivity index (χ2v) is 24.3. The summed E-state index contributed by atoms with van der Waals surface area (Å²) in [6, 6.07) is 17.9. The smallest absolute Gasteiger partial charge is 0.314 e. The summed E-state index contributed by atoms with van der Waals surface area (Å²) in [5.41, 5.74) is 6.97. The maximum Gasteiger partial charge on any atom is 0.314 e. The molecule has 0 bridgehead atoms. The van der Waals surface area contributed by atoms with E-state index in [1.807, 2.05) is 15.9 Å². The largest absolute Gasteiger partial charge is 0.428 e. The number of methoxy groups -OCH3 is 1. The summed E-state index contributed by atoms with van der Waals surface area (Å²) in [5, 5.41) is 15.7. The van der Waals surface area contributed by atoms with Gasteiger partial charge in [0.15, 0.2) is 5.82 Å². The number of aliphatic imine (C=N–C) groups is 1. The van der Waals surface area contributed by atoms with Crippen LogP contribution in [0.25, 0.3) is 21.6 Å². The molecule has 0 radical (unpaired) electrons. The molecule has 1 atom stereocenters. The number of aromatic nitrogens is 4. The van der Waals surface area contributed by atoms with Gasteiger partial charge in [0.25, 0.3) is 0 Å². The van der Waals surface area contributed by atoms with Crippen LogP contribution >= 0.6 is 11.3 Å². The van der Waals surface area contributed by atoms with Crippen molar-refractivity contribution in [3.63, 3.8) is 0 Å². The number of hydrogen-bond acceptors (Lipinski definition) is 17. The number of amides is 2. The molecule has 1 fully saturated rings. The Balaban J connectivity index is 0.737. The van der Waals surface area contributed by atoms with Gasteiger partial charge in [-0.05, 0) is 108 Å². The van der Waals surface area contributed by atoms with E-state index in [1.54, 1.807) is 81.9 Å². The summed E-state index contributed by atoms with van der Waals surface area (Å²) < 4.78 is 72.6. The van der Waals surface area contributed by atoms with Crippen LogP contribution in [0.2, 0.25) is 0 Å². The molecular weight excluding hydrogens is 1090 g/mol. The van der Waals surface area contributed by atoms with Gasteiger partial charge in [-0.2, -0.15) is 4.31 Å². The van der Waals surface area contributed by atoms with Gasteiger partial charge in [0, 0.05) is 71.9 Å². The van der Waals surface area contributed by atoms with Crippen LogP contribution < -0.4 is 10.6 Å². The van der Waals surface area contributed by atoms with Crippen molar-refractivity contribution in [1.29, 1.82) is 0 Å². The fraction of sp³-hybridized carbons (Fsp3) is 0.475. The molecule has 21 nitrogen and oxygen atoms in total. The monoisotopic (exact) mass is 1170 g/mol. The van der Waals surface area contributed by atoms with Gasteiger partial charge in [0.05, 0.1) is 94.2 Å². The lowest BCUT2D eigenvalue weighted by Gasteiger charge is -2.31. The molecule has 0 saturated carbocycles. The maximum absolute atomic E-state index is 14.4. The molecule has 6 heterocycles. The van der Waals surface area contributed by atoms with E-state index < -0.39 is 40.2 Å². The van der Waals surface area contributed by atoms with E-state index in [1.165, 1.54) is 15.2 Å². The SMILES string of the molecule is COC1CCN(S(=O)(=O)c2cc(NC(=O)CCOCCOCCOCCOCCNC(=O)C[C@@H]3N=C(c4ccc(C)cc4)c4c(sc(C)c4C)-n4c(C)nnc43)ccc2-c2ccn3ccc(CC(=O)OCOC(=O)C(C)(C)C)c3c2)CC1. The van der Waals surface area contributed by atoms with E-state index >= 15 is 0 Å². The van der Waals surface area contributed by atoms with Crippen LogP contribution in [0.4, 0.5) is 5.69 Å². The van der Waals surface area contributed by atoms with Crippen molar-refractivity contribution in [2.24, 2.45) is 10.4 Å². The Labute approximate surface area is 482 Å². The molecule has 0 unspecified atom stereocenters. The van der Waals surface area contributed by atoms with Crippen molar-refractivity contribution >= 4 is 62.0 Å². The molecule has 2 N–H and O–H groups in total. The van der Waals surface area contributed by atoms with E-state index in [2.05, 4.69) is 65.9 Å². The fourth-order valence-corrected chi connectivity index (χ4v) is 12.4. The lowest BCUT2D eigenvalue weighted by Crippen LogP contribution is -2.40. The lowest BCUT2D eigenvalue weighted by molar-refractivity contribution is -0.172. The molecule has 2 aliphatic heterocycles. The first-order chi connectivity index (χ1) is 39.3. The van der Waals surface area contributed by atoms with Crippen LogP contribution in [-0.4, -0.2) is 154 Å². The number of nitrogens with one attached hydrogen (secondary N) is 2. The summed E-state index contributed by atoms with van der Waals surface area (Å²) in [5.74, 6) is -0.264. The van der Waals surface area contributed by atoms with E-state index in [0.717, 1.165) is 38.8 Å². The van der Waals surface area contributed by atoms with Gasteiger partial charge in [0.2, 0.25) is 28.6 Å². The van der Waals surface area contributed by atoms with E-state index in [-0.39, 0.29) is 75.0 Å². The summed E-state index contributed by atoms with van der Waals surface area (Å²) >= 11 is 1.68. The number of esters is 2. The minimum atomic E-state index is -4.07. The molecule has 8 rings (SSSR count). The lowest BCUT2D eigenvalue weighted by atomic mass is 9.98. The minimum Gasteiger partial charge on any atom is -0.428 e. The molecule has 1 saturated heterocycles. The number of carbonyl (C=O) groups is 4. The third kappa shape index (κ3) is 15.5. The zero-order valence-corrected chi connectivity index (χ0v) is 49.5. The molecule has 23 heteroatoms. The molecule has 2 amide bonds. The predicted octanol–water partition coefficient (Wildman–Crippen LogP) is 7.41. The van der Waals surface area contributed by atoms with E-state index in [0.29, 0.717) is 86.1 Å². The normalized spacial score (nSPS) is 14.9. The number of benzene rings is 2. The summed E-state index contributed by atoms with van der Waals surface area (Å²) in [6.07, 6.45) is 4.57. The van der Waals surface area contributed by atoms with Crippen LogP contribution in [0.3, 0.4) is 0 Å². The molecule has 6 aromatic rings. The second kappa shape index (κ2) is 28.0. The van der Waals surface area contributed by atoms with Gasteiger partial charge in [-0.25, -0.2) is 8.42 Å². The molecule has 2 aromatic carbocycles. The van der Waals surface area contributed by atoms with Crippen molar-refractivity contribution in [1.82, 2.24) is 28.8 Å². The second-order valence-electron chi connectivity index (χ2n) is 21.2. The number of pyridine rings is 1. The fourth-order valence-electron chi connectivity index (χ4n) is 9.44. The van der Waals surface area contributed by atoms with Crippen molar-refractivity contribution in [2.75, 3.05) is 91.7 Å². The first-order valence-electron chi connectivity index (χ1n) is 27.5. The van der Waals surface area contributed by atoms with Crippen LogP contribution in [-0.2, 0) is 68.8 Å². The van der Waals surface area contributed by atoms with Crippen molar-refractivity contribution in [3.8, 4) is 16.1 Å². The number of nitrogens with zero attached hydrogens (tertiary/aromatic N) is 6. The zero-order chi connectivity index (χ0) is 58.6. The zero-order valence-electron chi connectivity index (χ0n) is 47.9. The van der Waals surface area contributed by atoms with Gasteiger partial charge < -0.3 is 48.2 Å². The van der Waals surface area contributed by atoms with Gasteiger partial charge >= 0.3 is 11.9 Å². The van der Waals surface area contributed by atoms with Gasteiger partial charge in [-0.1, -0.05) is 35.9 Å². The van der Waals surface area contributed by atoms with Crippen LogP contribution in [0.15, 0.2) is 82.9 Å². The molecule has 4 aromatic heterocycles. The molecule has 0 spiro atoms. The number of anilines is 1. The number of aryl methyl sites for hydroxylation is 3. The highest BCUT2D eigenvalue weighted by molar-refractivity contribution is 7.89. The number of fused-ring (bicyclic) bond motifs is 4. The van der Waals surface area contributed by atoms with Crippen molar-refractivity contribution < 1.29 is 60.8 Å². The summed E-state index contributed by atoms with van der Waals surface area (Å²) in [4.78, 5) is 57.8. The molecule has 2 aliphatic rings. The highest BCUT2D eigenvalue weighted by Gasteiger charge is 2.34. The topological polar surface area (TPSA) is 242 Å². The first-order valence-corrected chi connectivity index (χ1v) is 29.7. The molecule has 440 valence electrons. The van der Waals surface area contributed by atoms with Crippen LogP contribution in [0, 0.1) is 33.1 Å². The van der Waals surface area contributed by atoms with Gasteiger partial charge in [-0.3, -0.25) is 28.7 Å². The average Bonchev–Trinajstić information content (AvgIpc) is 4.25. The van der Waals surface area contributed by atoms with Gasteiger partial charge in [-0.15, -0.1) is 21.5 Å². The molecule has 82 heavy (non-hydrogen) atoms. The number of piperidine rings is 1.